The molecule has 0 unspecified atom stereocenters. The van der Waals surface area contributed by atoms with Gasteiger partial charge in [0, 0.05) is 11.2 Å². The Kier molecular flexibility index (Phi) is 4.75. The second-order valence-electron chi connectivity index (χ2n) is 5.19. The number of thioether (sulfide) groups is 1. The number of hydrogen-bond acceptors (Lipinski definition) is 2. The number of Topliss-reactive ketones (excluding diaryl/α,β-unsaturated/α-hetero) is 1. The van der Waals surface area contributed by atoms with Crippen LogP contribution in [0.5, 0.6) is 0 Å². The standard InChI is InChI=1S/C14H19FOS/c1-10-7-12(15)6-5-11(10)8-13(16)9-17-14(2,3)4/h5-7H,8-9H2,1-4H3. The molecular weight excluding hydrogens is 235 g/mol. The van der Waals surface area contributed by atoms with Gasteiger partial charge in [0.05, 0.1) is 5.75 Å². The minimum Gasteiger partial charge on any atom is -0.298 e. The average molecular weight is 254 g/mol. The number of carbonyl (C=O) groups excluding carboxylic acids is 1. The molecule has 0 spiro atoms. The number of hydrogen-bond donors (Lipinski definition) is 0. The van der Waals surface area contributed by atoms with Crippen LogP contribution in [-0.2, 0) is 11.2 Å². The van der Waals surface area contributed by atoms with E-state index in [9.17, 15) is 9.18 Å². The lowest BCUT2D eigenvalue weighted by molar-refractivity contribution is -0.116. The Hall–Kier alpha value is -0.830. The van der Waals surface area contributed by atoms with Gasteiger partial charge in [-0.15, -0.1) is 11.8 Å². The Morgan fingerprint density at radius 1 is 1.35 bits per heavy atom. The Morgan fingerprint density at radius 3 is 2.53 bits per heavy atom. The van der Waals surface area contributed by atoms with Gasteiger partial charge in [0.15, 0.2) is 0 Å². The third-order valence-electron chi connectivity index (χ3n) is 2.36. The molecule has 1 rings (SSSR count). The lowest BCUT2D eigenvalue weighted by Crippen LogP contribution is -2.14. The van der Waals surface area contributed by atoms with Crippen LogP contribution in [0.2, 0.25) is 0 Å². The van der Waals surface area contributed by atoms with Crippen LogP contribution in [0.15, 0.2) is 18.2 Å². The zero-order chi connectivity index (χ0) is 13.1. The second-order valence-corrected chi connectivity index (χ2v) is 6.99. The summed E-state index contributed by atoms with van der Waals surface area (Å²) in [6.07, 6.45) is 0.398. The maximum Gasteiger partial charge on any atom is 0.147 e. The Balaban J connectivity index is 2.57. The van der Waals surface area contributed by atoms with Gasteiger partial charge >= 0.3 is 0 Å². The number of aryl methyl sites for hydroxylation is 1. The van der Waals surface area contributed by atoms with Gasteiger partial charge in [-0.25, -0.2) is 4.39 Å². The van der Waals surface area contributed by atoms with Crippen molar-refractivity contribution < 1.29 is 9.18 Å². The van der Waals surface area contributed by atoms with Gasteiger partial charge in [0.2, 0.25) is 0 Å². The third-order valence-corrected chi connectivity index (χ3v) is 3.69. The zero-order valence-corrected chi connectivity index (χ0v) is 11.7. The summed E-state index contributed by atoms with van der Waals surface area (Å²) in [5, 5.41) is 0. The van der Waals surface area contributed by atoms with Crippen LogP contribution >= 0.6 is 11.8 Å². The molecule has 0 radical (unpaired) electrons. The minimum absolute atomic E-state index is 0.105. The van der Waals surface area contributed by atoms with Crippen molar-refractivity contribution in [1.29, 1.82) is 0 Å². The summed E-state index contributed by atoms with van der Waals surface area (Å²) >= 11 is 1.65. The van der Waals surface area contributed by atoms with E-state index in [1.54, 1.807) is 17.8 Å². The molecule has 1 nitrogen and oxygen atoms in total. The maximum atomic E-state index is 12.9. The SMILES string of the molecule is Cc1cc(F)ccc1CC(=O)CSC(C)(C)C. The van der Waals surface area contributed by atoms with E-state index >= 15 is 0 Å². The topological polar surface area (TPSA) is 17.1 Å². The van der Waals surface area contributed by atoms with Crippen LogP contribution in [0, 0.1) is 12.7 Å². The van der Waals surface area contributed by atoms with Gasteiger partial charge in [-0.05, 0) is 30.2 Å². The van der Waals surface area contributed by atoms with Crippen LogP contribution < -0.4 is 0 Å². The van der Waals surface area contributed by atoms with E-state index in [1.165, 1.54) is 12.1 Å². The number of carbonyl (C=O) groups is 1. The monoisotopic (exact) mass is 254 g/mol. The molecular formula is C14H19FOS. The molecule has 0 saturated heterocycles. The third kappa shape index (κ3) is 5.35. The Morgan fingerprint density at radius 2 is 2.00 bits per heavy atom. The first-order valence-corrected chi connectivity index (χ1v) is 6.67. The summed E-state index contributed by atoms with van der Waals surface area (Å²) < 4.78 is 13.0. The fourth-order valence-corrected chi connectivity index (χ4v) is 2.11. The van der Waals surface area contributed by atoms with Crippen molar-refractivity contribution in [3.05, 3.63) is 35.1 Å². The van der Waals surface area contributed by atoms with Crippen molar-refractivity contribution >= 4 is 17.5 Å². The first-order chi connectivity index (χ1) is 7.78. The van der Waals surface area contributed by atoms with Crippen LogP contribution in [-0.4, -0.2) is 16.3 Å². The number of rotatable bonds is 4. The number of ketones is 1. The van der Waals surface area contributed by atoms with Crippen molar-refractivity contribution in [2.75, 3.05) is 5.75 Å². The summed E-state index contributed by atoms with van der Waals surface area (Å²) in [6.45, 7) is 8.11. The molecule has 94 valence electrons. The van der Waals surface area contributed by atoms with Gasteiger partial charge in [-0.1, -0.05) is 26.8 Å². The highest BCUT2D eigenvalue weighted by Crippen LogP contribution is 2.23. The molecule has 0 fully saturated rings. The summed E-state index contributed by atoms with van der Waals surface area (Å²) in [4.78, 5) is 11.8. The van der Waals surface area contributed by atoms with E-state index in [2.05, 4.69) is 20.8 Å². The first kappa shape index (κ1) is 14.2. The lowest BCUT2D eigenvalue weighted by atomic mass is 10.0. The van der Waals surface area contributed by atoms with Crippen molar-refractivity contribution in [1.82, 2.24) is 0 Å². The van der Waals surface area contributed by atoms with Crippen molar-refractivity contribution in [3.8, 4) is 0 Å². The highest BCUT2D eigenvalue weighted by Gasteiger charge is 2.14. The van der Waals surface area contributed by atoms with Gasteiger partial charge in [-0.3, -0.25) is 4.79 Å². The van der Waals surface area contributed by atoms with Crippen molar-refractivity contribution in [2.45, 2.75) is 38.9 Å². The van der Waals surface area contributed by atoms with E-state index in [0.29, 0.717) is 12.2 Å². The maximum absolute atomic E-state index is 12.9. The van der Waals surface area contributed by atoms with Crippen LogP contribution in [0.4, 0.5) is 4.39 Å². The van der Waals surface area contributed by atoms with Crippen LogP contribution in [0.25, 0.3) is 0 Å². The molecule has 0 saturated carbocycles. The number of benzene rings is 1. The fourth-order valence-electron chi connectivity index (χ4n) is 1.42. The minimum atomic E-state index is -0.247. The van der Waals surface area contributed by atoms with Gasteiger partial charge < -0.3 is 0 Å². The Bertz CT molecular complexity index is 407. The molecule has 17 heavy (non-hydrogen) atoms. The summed E-state index contributed by atoms with van der Waals surface area (Å²) in [6, 6.07) is 4.58. The van der Waals surface area contributed by atoms with Crippen molar-refractivity contribution in [3.63, 3.8) is 0 Å². The van der Waals surface area contributed by atoms with Gasteiger partial charge in [0.25, 0.3) is 0 Å². The van der Waals surface area contributed by atoms with Gasteiger partial charge in [0.1, 0.15) is 11.6 Å². The summed E-state index contributed by atoms with van der Waals surface area (Å²) in [7, 11) is 0. The lowest BCUT2D eigenvalue weighted by Gasteiger charge is -2.16. The molecule has 0 bridgehead atoms. The van der Waals surface area contributed by atoms with Gasteiger partial charge in [-0.2, -0.15) is 0 Å². The van der Waals surface area contributed by atoms with Crippen LogP contribution in [0.3, 0.4) is 0 Å². The van der Waals surface area contributed by atoms with E-state index < -0.39 is 0 Å². The normalized spacial score (nSPS) is 11.6. The predicted molar refractivity (Wildman–Crippen MR) is 72.1 cm³/mol. The molecule has 0 aromatic heterocycles. The molecule has 0 heterocycles. The largest absolute Gasteiger partial charge is 0.298 e. The molecule has 0 amide bonds. The predicted octanol–water partition coefficient (Wildman–Crippen LogP) is 3.78. The molecule has 3 heteroatoms. The summed E-state index contributed by atoms with van der Waals surface area (Å²) in [5.74, 6) is 0.461. The number of halogens is 1. The van der Waals surface area contributed by atoms with E-state index in [4.69, 9.17) is 0 Å². The molecule has 0 aliphatic rings. The smallest absolute Gasteiger partial charge is 0.147 e. The molecule has 0 aliphatic heterocycles. The summed E-state index contributed by atoms with van der Waals surface area (Å²) in [5.41, 5.74) is 1.77. The zero-order valence-electron chi connectivity index (χ0n) is 10.8. The van der Waals surface area contributed by atoms with E-state index in [1.807, 2.05) is 6.92 Å². The highest BCUT2D eigenvalue weighted by molar-refractivity contribution is 8.01. The Labute approximate surface area is 107 Å². The van der Waals surface area contributed by atoms with E-state index in [-0.39, 0.29) is 16.3 Å². The van der Waals surface area contributed by atoms with E-state index in [0.717, 1.165) is 11.1 Å². The molecule has 1 aromatic rings. The molecule has 1 aromatic carbocycles. The highest BCUT2D eigenvalue weighted by atomic mass is 32.2. The average Bonchev–Trinajstić information content (AvgIpc) is 2.18. The fraction of sp³-hybridized carbons (Fsp3) is 0.500. The molecule has 0 atom stereocenters. The molecule has 0 aliphatic carbocycles. The first-order valence-electron chi connectivity index (χ1n) is 5.68. The molecule has 0 N–H and O–H groups in total. The second kappa shape index (κ2) is 5.67. The quantitative estimate of drug-likeness (QED) is 0.813. The van der Waals surface area contributed by atoms with Crippen LogP contribution in [0.1, 0.15) is 31.9 Å². The van der Waals surface area contributed by atoms with Crippen molar-refractivity contribution in [2.24, 2.45) is 0 Å².